The third kappa shape index (κ3) is 13.9. The average molecular weight is 1470 g/mol. The third-order valence-electron chi connectivity index (χ3n) is 24.4. The average Bonchev–Trinajstić information content (AvgIpc) is 1.67. The summed E-state index contributed by atoms with van der Waals surface area (Å²) >= 11 is 0. The first-order valence-electron chi connectivity index (χ1n) is 44.7. The summed E-state index contributed by atoms with van der Waals surface area (Å²) in [5.41, 5.74) is 43.1. The Balaban J connectivity index is 0.000000132. The Morgan fingerprint density at radius 1 is 0.409 bits per heavy atom. The highest BCUT2D eigenvalue weighted by Gasteiger charge is 2.51. The summed E-state index contributed by atoms with van der Waals surface area (Å²) < 4.78 is 99.8. The lowest BCUT2D eigenvalue weighted by molar-refractivity contribution is -0.661. The van der Waals surface area contributed by atoms with E-state index >= 15 is 0 Å². The van der Waals surface area contributed by atoms with Gasteiger partial charge in [0.05, 0.1) is 22.6 Å². The van der Waals surface area contributed by atoms with Crippen LogP contribution in [-0.4, -0.2) is 15.0 Å². The van der Waals surface area contributed by atoms with Gasteiger partial charge >= 0.3 is 0 Å². The van der Waals surface area contributed by atoms with Gasteiger partial charge in [0, 0.05) is 136 Å². The highest BCUT2D eigenvalue weighted by atomic mass is 14.9. The van der Waals surface area contributed by atoms with Gasteiger partial charge in [-0.2, -0.15) is 0 Å². The van der Waals surface area contributed by atoms with Gasteiger partial charge in [-0.3, -0.25) is 15.0 Å². The van der Waals surface area contributed by atoms with E-state index in [1.807, 2.05) is 104 Å². The highest BCUT2D eigenvalue weighted by Crippen LogP contribution is 2.57. The molecule has 7 heterocycles. The molecule has 0 fully saturated rings. The van der Waals surface area contributed by atoms with Crippen LogP contribution in [0.3, 0.4) is 0 Å². The highest BCUT2D eigenvalue weighted by molar-refractivity contribution is 5.88. The van der Waals surface area contributed by atoms with Crippen LogP contribution in [0, 0.1) is 86.8 Å². The molecule has 7 aromatic heterocycles. The third-order valence-corrected chi connectivity index (χ3v) is 24.4. The van der Waals surface area contributed by atoms with E-state index in [4.69, 9.17) is 30.0 Å². The first kappa shape index (κ1) is 63.9. The number of fused-ring (bicyclic) bond motifs is 15. The van der Waals surface area contributed by atoms with Crippen molar-refractivity contribution >= 4 is 0 Å². The maximum atomic E-state index is 8.85. The fraction of sp³-hybridized carbons (Fsp3) is 0.369. The van der Waals surface area contributed by atoms with E-state index < -0.39 is 43.2 Å². The normalized spacial score (nSPS) is 16.0. The number of rotatable bonds is 6. The summed E-state index contributed by atoms with van der Waals surface area (Å²) in [7, 11) is 7.92. The van der Waals surface area contributed by atoms with Crippen LogP contribution in [0.5, 0.6) is 0 Å². The first-order valence-corrected chi connectivity index (χ1v) is 39.2. The molecule has 0 saturated carbocycles. The van der Waals surface area contributed by atoms with Crippen molar-refractivity contribution in [1.82, 2.24) is 15.0 Å². The molecular weight excluding hydrogens is 1340 g/mol. The van der Waals surface area contributed by atoms with Crippen LogP contribution in [-0.2, 0) is 77.4 Å². The van der Waals surface area contributed by atoms with E-state index in [-0.39, 0.29) is 22.0 Å². The number of aryl methyl sites for hydroxylation is 11. The lowest BCUT2D eigenvalue weighted by atomic mass is 9.55. The number of aromatic nitrogens is 7. The topological polar surface area (TPSA) is 54.2 Å². The zero-order valence-corrected chi connectivity index (χ0v) is 69.9. The van der Waals surface area contributed by atoms with Crippen LogP contribution in [0.2, 0.25) is 0 Å². The van der Waals surface area contributed by atoms with Gasteiger partial charge in [0.15, 0.2) is 24.8 Å². The van der Waals surface area contributed by atoms with Gasteiger partial charge in [-0.1, -0.05) is 144 Å². The van der Waals surface area contributed by atoms with Gasteiger partial charge in [0.1, 0.15) is 28.2 Å². The Morgan fingerprint density at radius 2 is 0.836 bits per heavy atom. The second-order valence-corrected chi connectivity index (χ2v) is 35.4. The van der Waals surface area contributed by atoms with E-state index in [0.717, 1.165) is 104 Å². The molecule has 5 aromatic carbocycles. The van der Waals surface area contributed by atoms with E-state index in [1.165, 1.54) is 128 Å². The Labute approximate surface area is 674 Å². The molecule has 0 atom stereocenters. The summed E-state index contributed by atoms with van der Waals surface area (Å²) in [6.07, 6.45) is 7.73. The van der Waals surface area contributed by atoms with Gasteiger partial charge in [-0.15, -0.1) is 0 Å². The summed E-state index contributed by atoms with van der Waals surface area (Å²) in [5, 5.41) is 0. The maximum Gasteiger partial charge on any atom is 0.216 e. The van der Waals surface area contributed by atoms with Crippen molar-refractivity contribution in [2.24, 2.45) is 39.0 Å². The number of nitrogens with zero attached hydrogens (tertiary/aromatic N) is 7. The molecule has 5 aliphatic rings. The monoisotopic (exact) mass is 1470 g/mol. The Kier molecular flexibility index (Phi) is 16.5. The molecule has 562 valence electrons. The molecule has 12 aromatic rings. The van der Waals surface area contributed by atoms with Gasteiger partial charge < -0.3 is 0 Å². The van der Waals surface area contributed by atoms with Crippen LogP contribution < -0.4 is 18.3 Å². The fourth-order valence-corrected chi connectivity index (χ4v) is 18.0. The molecule has 5 aliphatic carbocycles. The van der Waals surface area contributed by atoms with Crippen molar-refractivity contribution in [2.45, 2.75) is 214 Å². The predicted octanol–water partition coefficient (Wildman–Crippen LogP) is 22.4. The molecule has 0 spiro atoms. The predicted molar refractivity (Wildman–Crippen MR) is 457 cm³/mol. The summed E-state index contributed by atoms with van der Waals surface area (Å²) in [4.78, 5) is 14.2. The molecule has 0 N–H and O–H groups in total. The zero-order chi connectivity index (χ0) is 88.5. The summed E-state index contributed by atoms with van der Waals surface area (Å²) in [6.45, 7) is 38.8. The van der Waals surface area contributed by atoms with Crippen LogP contribution in [0.15, 0.2) is 152 Å². The fourth-order valence-electron chi connectivity index (χ4n) is 18.0. The van der Waals surface area contributed by atoms with Gasteiger partial charge in [0.2, 0.25) is 22.8 Å². The molecule has 0 unspecified atom stereocenters. The molecule has 0 aliphatic heterocycles. The number of hydrogen-bond acceptors (Lipinski definition) is 3. The van der Waals surface area contributed by atoms with E-state index in [0.29, 0.717) is 5.56 Å². The van der Waals surface area contributed by atoms with Crippen molar-refractivity contribution < 1.29 is 33.3 Å². The van der Waals surface area contributed by atoms with Gasteiger partial charge in [-0.05, 0) is 266 Å². The minimum atomic E-state index is -2.41. The lowest BCUT2D eigenvalue weighted by Gasteiger charge is -2.47. The Morgan fingerprint density at radius 3 is 1.32 bits per heavy atom. The van der Waals surface area contributed by atoms with Crippen molar-refractivity contribution in [3.05, 3.63) is 286 Å². The molecule has 0 amide bonds. The van der Waals surface area contributed by atoms with E-state index in [1.54, 1.807) is 39.2 Å². The molecule has 110 heavy (non-hydrogen) atoms. The van der Waals surface area contributed by atoms with Crippen molar-refractivity contribution in [3.63, 3.8) is 0 Å². The molecule has 0 radical (unpaired) electrons. The lowest BCUT2D eigenvalue weighted by Crippen LogP contribution is -2.48. The second kappa shape index (κ2) is 28.5. The minimum absolute atomic E-state index is 0.0552. The standard InChI is InChI=1S/C27H30N.2C26H31N2.C24H27N2/c1-16-12-23-25(28(7)15-16)24-17(2)20-13-18-10-8-9-11-19(18)21(20)14-22(24)26(3,4)27(23,5)6;1-16-15-28(7)25(12-19(16)14-26(4,5)6)20-10-11-21-22-9-8-17(2)27-24(22)13-23(21)18(20)3;1-16-12-25(28(7)15-19(16)14-26(4,5)6)20-10-11-21-22-9-8-17(2)27-24(22)13-23(21)18(20)3;1-14(2)22-13-26(6)24(11-15(22)3)18-9-10-19-20-8-7-16(4)25-23(20)12-21(19)17(18)5/h8-12,14-15H,13H2,1-7H3;2*8-12,15H,13-14H2,1-7H3;7-11,13-14H,12H2,1-6H3/q4*+1/i1D3;1D3,14D2;14D2;14D. The molecule has 0 bridgehead atoms. The zero-order valence-electron chi connectivity index (χ0n) is 80.9. The Hall–Kier alpha value is -9.85. The van der Waals surface area contributed by atoms with E-state index in [9.17, 15) is 0 Å². The van der Waals surface area contributed by atoms with Crippen LogP contribution >= 0.6 is 0 Å². The summed E-state index contributed by atoms with van der Waals surface area (Å²) in [6, 6.07) is 45.0. The van der Waals surface area contributed by atoms with Crippen LogP contribution in [0.1, 0.15) is 238 Å². The van der Waals surface area contributed by atoms with E-state index in [2.05, 4.69) is 201 Å². The summed E-state index contributed by atoms with van der Waals surface area (Å²) in [5.74, 6) is -0.599. The van der Waals surface area contributed by atoms with Gasteiger partial charge in [0.25, 0.3) is 0 Å². The largest absolute Gasteiger partial charge is 0.257 e. The second-order valence-electron chi connectivity index (χ2n) is 35.4. The molecular formula is C103H119N7+4. The van der Waals surface area contributed by atoms with Crippen molar-refractivity contribution in [2.75, 3.05) is 0 Å². The quantitative estimate of drug-likeness (QED) is 0.156. The number of benzene rings is 5. The minimum Gasteiger partial charge on any atom is -0.257 e. The molecule has 7 nitrogen and oxygen atoms in total. The number of hydrogen-bond donors (Lipinski definition) is 0. The van der Waals surface area contributed by atoms with Crippen LogP contribution in [0.25, 0.3) is 89.5 Å². The maximum absolute atomic E-state index is 8.85. The van der Waals surface area contributed by atoms with Crippen LogP contribution in [0.4, 0.5) is 0 Å². The molecule has 17 rings (SSSR count). The Bertz CT molecular complexity index is 6290. The SMILES string of the molecule is [2H]C(C)(C)c1c[n+](C)c(-c2ccc3c(c2C)Cc2nc(C)ccc2-3)cc1C.[2H]C([2H])([2H])c1c[n+](C)c(-c2ccc3c(c2C)Cc2nc(C)ccc2-3)cc1C([2H])([2H])C(C)(C)C.[2H]C([2H])([2H])c1cc2c([n+](C)c1)-c1c(cc3c(c1C)Cc1ccccc1-3)C(C)(C)C2(C)C.[2H]C([2H])(c1c[n+](C)c(-c2ccc3c(c2C)Cc2nc(C)ccc2-3)cc1C)C(C)(C)C. The smallest absolute Gasteiger partial charge is 0.216 e. The van der Waals surface area contributed by atoms with Crippen molar-refractivity contribution in [1.29, 1.82) is 0 Å². The number of pyridine rings is 7. The molecule has 0 saturated heterocycles. The molecule has 7 heteroatoms. The first-order chi connectivity index (χ1) is 56.1. The van der Waals surface area contributed by atoms with Gasteiger partial charge in [-0.25, -0.2) is 18.3 Å². The van der Waals surface area contributed by atoms with Crippen molar-refractivity contribution in [3.8, 4) is 89.5 Å².